The summed E-state index contributed by atoms with van der Waals surface area (Å²) in [5, 5.41) is 3.89. The number of para-hydroxylation sites is 2. The first kappa shape index (κ1) is 15.7. The highest BCUT2D eigenvalue weighted by molar-refractivity contribution is 5.95. The molecule has 0 bridgehead atoms. The van der Waals surface area contributed by atoms with Gasteiger partial charge in [0.25, 0.3) is 5.91 Å². The number of rotatable bonds is 3. The smallest absolute Gasteiger partial charge is 0.253 e. The molecule has 0 radical (unpaired) electrons. The van der Waals surface area contributed by atoms with Crippen molar-refractivity contribution in [3.05, 3.63) is 65.8 Å². The van der Waals surface area contributed by atoms with Gasteiger partial charge >= 0.3 is 0 Å². The van der Waals surface area contributed by atoms with Crippen molar-refractivity contribution in [3.8, 4) is 11.4 Å². The molecule has 0 saturated carbocycles. The number of fused-ring (bicyclic) bond motifs is 1. The van der Waals surface area contributed by atoms with Crippen molar-refractivity contribution < 1.29 is 9.32 Å². The predicted octanol–water partition coefficient (Wildman–Crippen LogP) is 3.16. The Kier molecular flexibility index (Phi) is 3.53. The van der Waals surface area contributed by atoms with Crippen molar-refractivity contribution in [2.24, 2.45) is 0 Å². The van der Waals surface area contributed by atoms with E-state index in [0.29, 0.717) is 30.4 Å². The van der Waals surface area contributed by atoms with E-state index in [1.807, 2.05) is 41.3 Å². The van der Waals surface area contributed by atoms with Crippen LogP contribution in [0.3, 0.4) is 0 Å². The van der Waals surface area contributed by atoms with Crippen molar-refractivity contribution in [1.29, 1.82) is 0 Å². The fraction of sp³-hybridized carbons (Fsp3) is 0.200. The Morgan fingerprint density at radius 1 is 1.11 bits per heavy atom. The van der Waals surface area contributed by atoms with Crippen LogP contribution in [0.25, 0.3) is 22.4 Å². The van der Waals surface area contributed by atoms with Crippen LogP contribution in [0.5, 0.6) is 0 Å². The molecule has 1 aliphatic heterocycles. The molecular weight excluding hydrogens is 342 g/mol. The van der Waals surface area contributed by atoms with Crippen LogP contribution in [-0.4, -0.2) is 44.0 Å². The molecule has 5 rings (SSSR count). The van der Waals surface area contributed by atoms with Crippen molar-refractivity contribution in [3.63, 3.8) is 0 Å². The lowest BCUT2D eigenvalue weighted by atomic mass is 9.98. The predicted molar refractivity (Wildman–Crippen MR) is 99.2 cm³/mol. The summed E-state index contributed by atoms with van der Waals surface area (Å²) in [6.45, 7) is 3.09. The maximum atomic E-state index is 12.7. The highest BCUT2D eigenvalue weighted by atomic mass is 16.5. The van der Waals surface area contributed by atoms with Crippen molar-refractivity contribution in [1.82, 2.24) is 25.0 Å². The lowest BCUT2D eigenvalue weighted by Gasteiger charge is -2.38. The number of amides is 1. The van der Waals surface area contributed by atoms with E-state index in [0.717, 1.165) is 22.4 Å². The van der Waals surface area contributed by atoms with Crippen LogP contribution in [-0.2, 0) is 0 Å². The Bertz CT molecular complexity index is 1090. The van der Waals surface area contributed by atoms with Gasteiger partial charge in [0.2, 0.25) is 11.7 Å². The average Bonchev–Trinajstić information content (AvgIpc) is 3.26. The summed E-state index contributed by atoms with van der Waals surface area (Å²) >= 11 is 0. The number of aryl methyl sites for hydroxylation is 1. The molecule has 1 aliphatic rings. The second-order valence-electron chi connectivity index (χ2n) is 6.76. The Balaban J connectivity index is 1.27. The number of carbonyl (C=O) groups is 1. The quantitative estimate of drug-likeness (QED) is 0.607. The van der Waals surface area contributed by atoms with Gasteiger partial charge in [-0.25, -0.2) is 4.98 Å². The molecule has 0 atom stereocenters. The van der Waals surface area contributed by atoms with Crippen LogP contribution >= 0.6 is 0 Å². The molecule has 4 aromatic rings. The van der Waals surface area contributed by atoms with Crippen molar-refractivity contribution >= 4 is 16.9 Å². The second-order valence-corrected chi connectivity index (χ2v) is 6.76. The number of aromatic nitrogens is 4. The molecule has 7 nitrogen and oxygen atoms in total. The molecule has 3 heterocycles. The maximum Gasteiger partial charge on any atom is 0.253 e. The minimum Gasteiger partial charge on any atom is -0.342 e. The SMILES string of the molecule is Cc1nc(-c2ccc(C(=O)N3CC(c4nc5ccccc5[nH]4)C3)cc2)no1. The third kappa shape index (κ3) is 2.77. The van der Waals surface area contributed by atoms with E-state index in [1.54, 1.807) is 19.1 Å². The van der Waals surface area contributed by atoms with Crippen LogP contribution in [0.4, 0.5) is 0 Å². The third-order valence-electron chi connectivity index (χ3n) is 4.88. The van der Waals surface area contributed by atoms with Crippen molar-refractivity contribution in [2.75, 3.05) is 13.1 Å². The topological polar surface area (TPSA) is 87.9 Å². The molecule has 0 aliphatic carbocycles. The molecule has 0 spiro atoms. The molecule has 1 fully saturated rings. The van der Waals surface area contributed by atoms with E-state index in [9.17, 15) is 4.79 Å². The average molecular weight is 359 g/mol. The number of likely N-dealkylation sites (tertiary alicyclic amines) is 1. The van der Waals surface area contributed by atoms with E-state index >= 15 is 0 Å². The minimum absolute atomic E-state index is 0.0261. The van der Waals surface area contributed by atoms with E-state index in [-0.39, 0.29) is 11.8 Å². The number of carbonyl (C=O) groups excluding carboxylic acids is 1. The summed E-state index contributed by atoms with van der Waals surface area (Å²) in [6.07, 6.45) is 0. The summed E-state index contributed by atoms with van der Waals surface area (Å²) in [5.41, 5.74) is 3.48. The van der Waals surface area contributed by atoms with Gasteiger partial charge in [0.05, 0.1) is 17.0 Å². The summed E-state index contributed by atoms with van der Waals surface area (Å²) in [5.74, 6) is 2.27. The molecule has 1 N–H and O–H groups in total. The molecule has 2 aromatic heterocycles. The van der Waals surface area contributed by atoms with E-state index in [2.05, 4.69) is 20.1 Å². The van der Waals surface area contributed by atoms with Gasteiger partial charge in [-0.1, -0.05) is 29.4 Å². The first-order valence-electron chi connectivity index (χ1n) is 8.82. The first-order chi connectivity index (χ1) is 13.2. The van der Waals surface area contributed by atoms with Gasteiger partial charge in [-0.2, -0.15) is 4.98 Å². The maximum absolute atomic E-state index is 12.7. The van der Waals surface area contributed by atoms with E-state index in [4.69, 9.17) is 4.52 Å². The molecule has 1 amide bonds. The zero-order chi connectivity index (χ0) is 18.4. The van der Waals surface area contributed by atoms with Gasteiger partial charge in [0.15, 0.2) is 0 Å². The Hall–Kier alpha value is -3.48. The van der Waals surface area contributed by atoms with Crippen LogP contribution in [0.1, 0.15) is 28.0 Å². The van der Waals surface area contributed by atoms with Crippen LogP contribution in [0.15, 0.2) is 53.1 Å². The van der Waals surface area contributed by atoms with Gasteiger partial charge in [-0.05, 0) is 24.3 Å². The fourth-order valence-corrected chi connectivity index (χ4v) is 3.34. The van der Waals surface area contributed by atoms with Gasteiger partial charge in [0.1, 0.15) is 5.82 Å². The zero-order valence-electron chi connectivity index (χ0n) is 14.7. The molecule has 134 valence electrons. The minimum atomic E-state index is 0.0261. The number of nitrogens with zero attached hydrogens (tertiary/aromatic N) is 4. The molecule has 7 heteroatoms. The monoisotopic (exact) mass is 359 g/mol. The highest BCUT2D eigenvalue weighted by Crippen LogP contribution is 2.28. The van der Waals surface area contributed by atoms with Crippen LogP contribution in [0.2, 0.25) is 0 Å². The van der Waals surface area contributed by atoms with Gasteiger partial charge in [-0.3, -0.25) is 4.79 Å². The highest BCUT2D eigenvalue weighted by Gasteiger charge is 2.34. The number of imidazole rings is 1. The van der Waals surface area contributed by atoms with Gasteiger partial charge < -0.3 is 14.4 Å². The zero-order valence-corrected chi connectivity index (χ0v) is 14.7. The molecule has 1 saturated heterocycles. The molecule has 2 aromatic carbocycles. The van der Waals surface area contributed by atoms with E-state index < -0.39 is 0 Å². The van der Waals surface area contributed by atoms with Crippen LogP contribution < -0.4 is 0 Å². The summed E-state index contributed by atoms with van der Waals surface area (Å²) in [7, 11) is 0. The van der Waals surface area contributed by atoms with Crippen LogP contribution in [0, 0.1) is 6.92 Å². The summed E-state index contributed by atoms with van der Waals surface area (Å²) < 4.78 is 4.99. The van der Waals surface area contributed by atoms with Gasteiger partial charge in [0, 0.05) is 31.1 Å². The van der Waals surface area contributed by atoms with Gasteiger partial charge in [-0.15, -0.1) is 0 Å². The largest absolute Gasteiger partial charge is 0.342 e. The third-order valence-corrected chi connectivity index (χ3v) is 4.88. The molecular formula is C20H17N5O2. The lowest BCUT2D eigenvalue weighted by molar-refractivity contribution is 0.0596. The van der Waals surface area contributed by atoms with Crippen molar-refractivity contribution in [2.45, 2.75) is 12.8 Å². The number of aromatic amines is 1. The van der Waals surface area contributed by atoms with E-state index in [1.165, 1.54) is 0 Å². The second kappa shape index (κ2) is 6.05. The Morgan fingerprint density at radius 2 is 1.89 bits per heavy atom. The lowest BCUT2D eigenvalue weighted by Crippen LogP contribution is -2.48. The summed E-state index contributed by atoms with van der Waals surface area (Å²) in [4.78, 5) is 26.7. The first-order valence-corrected chi connectivity index (χ1v) is 8.82. The standard InChI is InChI=1S/C20H17N5O2/c1-12-21-19(24-27-12)13-6-8-14(9-7-13)20(26)25-10-15(11-25)18-22-16-4-2-3-5-17(16)23-18/h2-9,15H,10-11H2,1H3,(H,22,23). The normalized spacial score (nSPS) is 14.5. The summed E-state index contributed by atoms with van der Waals surface area (Å²) in [6, 6.07) is 15.3. The molecule has 27 heavy (non-hydrogen) atoms. The number of benzene rings is 2. The Morgan fingerprint density at radius 3 is 2.59 bits per heavy atom. The number of H-pyrrole nitrogens is 1. The fourth-order valence-electron chi connectivity index (χ4n) is 3.34. The number of hydrogen-bond donors (Lipinski definition) is 1. The number of nitrogens with one attached hydrogen (secondary N) is 1. The molecule has 0 unspecified atom stereocenters. The number of hydrogen-bond acceptors (Lipinski definition) is 5. The Labute approximate surface area is 155 Å².